The number of fused-ring (bicyclic) bond motifs is 1. The highest BCUT2D eigenvalue weighted by molar-refractivity contribution is 6.06. The van der Waals surface area contributed by atoms with Gasteiger partial charge >= 0.3 is 0 Å². The highest BCUT2D eigenvalue weighted by atomic mass is 16.5. The lowest BCUT2D eigenvalue weighted by molar-refractivity contribution is -0.113. The molecule has 3 aromatic rings. The molecule has 1 aromatic heterocycles. The molecule has 0 unspecified atom stereocenters. The van der Waals surface area contributed by atoms with E-state index in [0.717, 1.165) is 28.1 Å². The molecule has 0 saturated heterocycles. The van der Waals surface area contributed by atoms with Gasteiger partial charge in [0, 0.05) is 11.4 Å². The fourth-order valence-electron chi connectivity index (χ4n) is 3.67. The van der Waals surface area contributed by atoms with Crippen molar-refractivity contribution < 1.29 is 9.53 Å². The van der Waals surface area contributed by atoms with Crippen molar-refractivity contribution in [3.8, 4) is 5.75 Å². The van der Waals surface area contributed by atoms with Crippen molar-refractivity contribution >= 4 is 17.5 Å². The van der Waals surface area contributed by atoms with Crippen LogP contribution in [0.15, 0.2) is 53.7 Å². The predicted octanol–water partition coefficient (Wildman–Crippen LogP) is 3.62. The van der Waals surface area contributed by atoms with E-state index in [1.54, 1.807) is 4.68 Å². The van der Waals surface area contributed by atoms with E-state index >= 15 is 0 Å². The van der Waals surface area contributed by atoms with E-state index in [2.05, 4.69) is 26.2 Å². The third-order valence-corrected chi connectivity index (χ3v) is 5.10. The molecule has 0 aliphatic carbocycles. The van der Waals surface area contributed by atoms with Gasteiger partial charge in [0.2, 0.25) is 5.95 Å². The third-order valence-electron chi connectivity index (χ3n) is 5.10. The molecular weight excluding hydrogens is 380 g/mol. The van der Waals surface area contributed by atoms with Gasteiger partial charge in [-0.15, -0.1) is 0 Å². The van der Waals surface area contributed by atoms with E-state index in [9.17, 15) is 4.79 Å². The summed E-state index contributed by atoms with van der Waals surface area (Å²) in [5.74, 6) is 1.07. The van der Waals surface area contributed by atoms with Crippen molar-refractivity contribution in [2.24, 2.45) is 0 Å². The molecule has 0 fully saturated rings. The number of hydrogen-bond acceptors (Lipinski definition) is 6. The van der Waals surface area contributed by atoms with Gasteiger partial charge < -0.3 is 15.4 Å². The summed E-state index contributed by atoms with van der Waals surface area (Å²) in [6.07, 6.45) is 0. The number of anilines is 2. The molecule has 0 saturated carbocycles. The minimum atomic E-state index is -0.460. The van der Waals surface area contributed by atoms with Crippen molar-refractivity contribution in [2.45, 2.75) is 33.7 Å². The molecule has 1 atom stereocenters. The van der Waals surface area contributed by atoms with Gasteiger partial charge in [0.25, 0.3) is 5.91 Å². The standard InChI is InChI=1S/C22H24N6O2/c1-5-30-17-9-7-16(8-10-17)20-19(15(4)23-22-25-26-27-28(20)22)21(29)24-18-11-6-13(2)12-14(18)3/h6-12,20H,5H2,1-4H3,(H,24,29)(H,23,25,27)/t20-/m0/s1. The molecule has 8 nitrogen and oxygen atoms in total. The van der Waals surface area contributed by atoms with Crippen molar-refractivity contribution in [2.75, 3.05) is 17.2 Å². The Morgan fingerprint density at radius 1 is 1.17 bits per heavy atom. The van der Waals surface area contributed by atoms with Crippen molar-refractivity contribution in [3.63, 3.8) is 0 Å². The molecule has 8 heteroatoms. The van der Waals surface area contributed by atoms with Crippen molar-refractivity contribution in [3.05, 3.63) is 70.4 Å². The minimum Gasteiger partial charge on any atom is -0.494 e. The molecule has 1 amide bonds. The number of carbonyl (C=O) groups is 1. The lowest BCUT2D eigenvalue weighted by Crippen LogP contribution is -2.31. The Labute approximate surface area is 174 Å². The number of nitrogens with zero attached hydrogens (tertiary/aromatic N) is 4. The number of nitrogens with one attached hydrogen (secondary N) is 2. The van der Waals surface area contributed by atoms with Gasteiger partial charge in [0.05, 0.1) is 12.2 Å². The Bertz CT molecular complexity index is 1120. The van der Waals surface area contributed by atoms with Crippen molar-refractivity contribution in [1.29, 1.82) is 0 Å². The summed E-state index contributed by atoms with van der Waals surface area (Å²) in [4.78, 5) is 13.4. The number of aromatic nitrogens is 4. The zero-order valence-corrected chi connectivity index (χ0v) is 17.4. The Morgan fingerprint density at radius 2 is 1.93 bits per heavy atom. The SMILES string of the molecule is CCOc1ccc([C@H]2C(C(=O)Nc3ccc(C)cc3C)=C(C)Nc3nnnn32)cc1. The summed E-state index contributed by atoms with van der Waals surface area (Å²) in [7, 11) is 0. The molecule has 0 radical (unpaired) electrons. The number of rotatable bonds is 5. The summed E-state index contributed by atoms with van der Waals surface area (Å²) in [6.45, 7) is 8.39. The molecule has 0 bridgehead atoms. The maximum absolute atomic E-state index is 13.4. The van der Waals surface area contributed by atoms with Gasteiger partial charge in [-0.2, -0.15) is 4.68 Å². The largest absolute Gasteiger partial charge is 0.494 e. The first-order valence-corrected chi connectivity index (χ1v) is 9.85. The van der Waals surface area contributed by atoms with Gasteiger partial charge in [-0.1, -0.05) is 34.9 Å². The van der Waals surface area contributed by atoms with Gasteiger partial charge in [-0.05, 0) is 67.4 Å². The second-order valence-electron chi connectivity index (χ2n) is 7.29. The average molecular weight is 404 g/mol. The van der Waals surface area contributed by atoms with E-state index < -0.39 is 6.04 Å². The molecular formula is C22H24N6O2. The second kappa shape index (κ2) is 7.98. The number of allylic oxidation sites excluding steroid dienone is 1. The summed E-state index contributed by atoms with van der Waals surface area (Å²) in [6, 6.07) is 13.1. The fraction of sp³-hybridized carbons (Fsp3) is 0.273. The summed E-state index contributed by atoms with van der Waals surface area (Å²) < 4.78 is 7.17. The van der Waals surface area contributed by atoms with Crippen LogP contribution in [0.1, 0.15) is 36.6 Å². The first-order chi connectivity index (χ1) is 14.5. The first kappa shape index (κ1) is 19.6. The van der Waals surface area contributed by atoms with Gasteiger partial charge in [0.15, 0.2) is 0 Å². The van der Waals surface area contributed by atoms with E-state index in [4.69, 9.17) is 4.74 Å². The number of amides is 1. The lowest BCUT2D eigenvalue weighted by atomic mass is 9.94. The van der Waals surface area contributed by atoms with Gasteiger partial charge in [-0.3, -0.25) is 4.79 Å². The van der Waals surface area contributed by atoms with Gasteiger partial charge in [0.1, 0.15) is 11.8 Å². The van der Waals surface area contributed by atoms with Crippen molar-refractivity contribution in [1.82, 2.24) is 20.2 Å². The molecule has 30 heavy (non-hydrogen) atoms. The number of carbonyl (C=O) groups excluding carboxylic acids is 1. The van der Waals surface area contributed by atoms with E-state index in [1.165, 1.54) is 0 Å². The van der Waals surface area contributed by atoms with Crippen LogP contribution in [0.4, 0.5) is 11.6 Å². The summed E-state index contributed by atoms with van der Waals surface area (Å²) >= 11 is 0. The van der Waals surface area contributed by atoms with Crippen LogP contribution < -0.4 is 15.4 Å². The van der Waals surface area contributed by atoms with Crippen LogP contribution in [0.3, 0.4) is 0 Å². The summed E-state index contributed by atoms with van der Waals surface area (Å²) in [5, 5.41) is 18.1. The zero-order chi connectivity index (χ0) is 21.3. The molecule has 2 aromatic carbocycles. The van der Waals surface area contributed by atoms with Crippen LogP contribution in [0.25, 0.3) is 0 Å². The highest BCUT2D eigenvalue weighted by Gasteiger charge is 2.34. The number of tetrazole rings is 1. The molecule has 1 aliphatic rings. The van der Waals surface area contributed by atoms with Crippen LogP contribution in [0.5, 0.6) is 5.75 Å². The Kier molecular flexibility index (Phi) is 5.22. The third kappa shape index (κ3) is 3.63. The van der Waals surface area contributed by atoms with E-state index in [-0.39, 0.29) is 5.91 Å². The van der Waals surface area contributed by atoms with Crippen LogP contribution in [-0.4, -0.2) is 32.7 Å². The Hall–Kier alpha value is -3.68. The molecule has 4 rings (SSSR count). The number of hydrogen-bond donors (Lipinski definition) is 2. The lowest BCUT2D eigenvalue weighted by Gasteiger charge is -2.28. The zero-order valence-electron chi connectivity index (χ0n) is 17.4. The topological polar surface area (TPSA) is 94.0 Å². The minimum absolute atomic E-state index is 0.202. The Balaban J connectivity index is 1.72. The van der Waals surface area contributed by atoms with E-state index in [0.29, 0.717) is 23.8 Å². The quantitative estimate of drug-likeness (QED) is 0.675. The second-order valence-corrected chi connectivity index (χ2v) is 7.29. The maximum Gasteiger partial charge on any atom is 0.255 e. The number of ether oxygens (including phenoxy) is 1. The molecule has 1 aliphatic heterocycles. The first-order valence-electron chi connectivity index (χ1n) is 9.85. The van der Waals surface area contributed by atoms with E-state index in [1.807, 2.05) is 70.2 Å². The van der Waals surface area contributed by atoms with Crippen LogP contribution in [-0.2, 0) is 4.79 Å². The molecule has 154 valence electrons. The number of aryl methyl sites for hydroxylation is 2. The highest BCUT2D eigenvalue weighted by Crippen LogP contribution is 2.35. The normalized spacial score (nSPS) is 15.4. The predicted molar refractivity (Wildman–Crippen MR) is 114 cm³/mol. The van der Waals surface area contributed by atoms with Crippen LogP contribution >= 0.6 is 0 Å². The number of benzene rings is 2. The summed E-state index contributed by atoms with van der Waals surface area (Å²) in [5.41, 5.74) is 5.08. The monoisotopic (exact) mass is 404 g/mol. The smallest absolute Gasteiger partial charge is 0.255 e. The average Bonchev–Trinajstić information content (AvgIpc) is 3.18. The molecule has 2 heterocycles. The Morgan fingerprint density at radius 3 is 2.63 bits per heavy atom. The van der Waals surface area contributed by atoms with Crippen LogP contribution in [0.2, 0.25) is 0 Å². The molecule has 0 spiro atoms. The molecule has 2 N–H and O–H groups in total. The maximum atomic E-state index is 13.4. The van der Waals surface area contributed by atoms with Crippen LogP contribution in [0, 0.1) is 13.8 Å². The van der Waals surface area contributed by atoms with Gasteiger partial charge in [-0.25, -0.2) is 0 Å². The fourth-order valence-corrected chi connectivity index (χ4v) is 3.67.